The van der Waals surface area contributed by atoms with Gasteiger partial charge in [-0.2, -0.15) is 0 Å². The number of piperidine rings is 1. The quantitative estimate of drug-likeness (QED) is 0.332. The molecule has 2 rings (SSSR count). The summed E-state index contributed by atoms with van der Waals surface area (Å²) in [4.78, 5) is 19.2. The topological polar surface area (TPSA) is 75.2 Å². The molecule has 1 aromatic rings. The Balaban J connectivity index is 1.79. The fourth-order valence-corrected chi connectivity index (χ4v) is 3.51. The van der Waals surface area contributed by atoms with Gasteiger partial charge in [-0.05, 0) is 50.8 Å². The predicted molar refractivity (Wildman–Crippen MR) is 122 cm³/mol. The first-order valence-electron chi connectivity index (χ1n) is 10.7. The highest BCUT2D eigenvalue weighted by molar-refractivity contribution is 6.31. The van der Waals surface area contributed by atoms with Crippen LogP contribution in [-0.2, 0) is 14.3 Å². The van der Waals surface area contributed by atoms with Gasteiger partial charge < -0.3 is 25.0 Å². The molecule has 0 bridgehead atoms. The molecule has 7 nitrogen and oxygen atoms in total. The van der Waals surface area contributed by atoms with Crippen molar-refractivity contribution in [2.75, 3.05) is 51.8 Å². The summed E-state index contributed by atoms with van der Waals surface area (Å²) in [5, 5.41) is 6.90. The standard InChI is InChI=1S/C22H35ClN4O3/c1-4-24-22(27-13-10-18(11-14-27)30-16-6-15-29-3)25-12-9-21(28)26-20-8-5-7-19(23)17(20)2/h5,7-8,18H,4,6,9-16H2,1-3H3,(H,24,25)(H,26,28). The van der Waals surface area contributed by atoms with Crippen LogP contribution in [0.2, 0.25) is 5.02 Å². The number of amides is 1. The van der Waals surface area contributed by atoms with Crippen LogP contribution in [0.4, 0.5) is 5.69 Å². The summed E-state index contributed by atoms with van der Waals surface area (Å²) < 4.78 is 11.0. The zero-order valence-corrected chi connectivity index (χ0v) is 19.1. The van der Waals surface area contributed by atoms with Gasteiger partial charge in [0.05, 0.1) is 12.6 Å². The molecular weight excluding hydrogens is 404 g/mol. The molecule has 1 heterocycles. The molecule has 1 amide bonds. The number of rotatable bonds is 10. The van der Waals surface area contributed by atoms with Gasteiger partial charge in [-0.25, -0.2) is 0 Å². The Kier molecular flexibility index (Phi) is 11.0. The van der Waals surface area contributed by atoms with E-state index < -0.39 is 0 Å². The molecule has 1 saturated heterocycles. The maximum Gasteiger partial charge on any atom is 0.226 e. The van der Waals surface area contributed by atoms with Crippen LogP contribution in [0.5, 0.6) is 0 Å². The largest absolute Gasteiger partial charge is 0.385 e. The Morgan fingerprint density at radius 3 is 2.77 bits per heavy atom. The molecule has 1 aromatic carbocycles. The number of anilines is 1. The minimum Gasteiger partial charge on any atom is -0.385 e. The molecule has 30 heavy (non-hydrogen) atoms. The Bertz CT molecular complexity index is 691. The molecule has 168 valence electrons. The Labute approximate surface area is 185 Å². The molecule has 0 aliphatic carbocycles. The van der Waals surface area contributed by atoms with Crippen LogP contribution in [-0.4, -0.2) is 69.4 Å². The molecule has 0 saturated carbocycles. The van der Waals surface area contributed by atoms with Gasteiger partial charge >= 0.3 is 0 Å². The third kappa shape index (κ3) is 8.13. The molecule has 0 unspecified atom stereocenters. The monoisotopic (exact) mass is 438 g/mol. The van der Waals surface area contributed by atoms with Gasteiger partial charge in [0.25, 0.3) is 0 Å². The number of aliphatic imine (C=N–C) groups is 1. The third-order valence-electron chi connectivity index (χ3n) is 5.06. The van der Waals surface area contributed by atoms with E-state index in [0.29, 0.717) is 24.1 Å². The van der Waals surface area contributed by atoms with Crippen molar-refractivity contribution in [3.05, 3.63) is 28.8 Å². The summed E-state index contributed by atoms with van der Waals surface area (Å²) in [6, 6.07) is 5.50. The number of hydrogen-bond acceptors (Lipinski definition) is 4. The van der Waals surface area contributed by atoms with E-state index in [4.69, 9.17) is 21.1 Å². The highest BCUT2D eigenvalue weighted by atomic mass is 35.5. The van der Waals surface area contributed by atoms with Gasteiger partial charge in [-0.15, -0.1) is 0 Å². The van der Waals surface area contributed by atoms with E-state index in [1.165, 1.54) is 0 Å². The number of methoxy groups -OCH3 is 1. The molecule has 2 N–H and O–H groups in total. The second-order valence-electron chi connectivity index (χ2n) is 7.35. The first-order valence-corrected chi connectivity index (χ1v) is 11.1. The maximum atomic E-state index is 12.3. The molecule has 0 aromatic heterocycles. The van der Waals surface area contributed by atoms with Crippen molar-refractivity contribution in [2.45, 2.75) is 45.6 Å². The minimum absolute atomic E-state index is 0.0665. The molecule has 1 aliphatic rings. The zero-order valence-electron chi connectivity index (χ0n) is 18.4. The lowest BCUT2D eigenvalue weighted by molar-refractivity contribution is -0.116. The number of guanidine groups is 1. The molecule has 1 fully saturated rings. The lowest BCUT2D eigenvalue weighted by Gasteiger charge is -2.34. The number of halogens is 1. The highest BCUT2D eigenvalue weighted by Crippen LogP contribution is 2.23. The van der Waals surface area contributed by atoms with Crippen molar-refractivity contribution in [3.8, 4) is 0 Å². The van der Waals surface area contributed by atoms with Gasteiger partial charge in [0.2, 0.25) is 5.91 Å². The summed E-state index contributed by atoms with van der Waals surface area (Å²) in [5.74, 6) is 0.796. The van der Waals surface area contributed by atoms with Crippen molar-refractivity contribution in [1.82, 2.24) is 10.2 Å². The van der Waals surface area contributed by atoms with Gasteiger partial charge in [0.1, 0.15) is 0 Å². The first kappa shape index (κ1) is 24.4. The molecule has 0 spiro atoms. The molecule has 1 aliphatic heterocycles. The van der Waals surface area contributed by atoms with Crippen molar-refractivity contribution in [3.63, 3.8) is 0 Å². The number of ether oxygens (including phenoxy) is 2. The average molecular weight is 439 g/mol. The number of carbonyl (C=O) groups excluding carboxylic acids is 1. The Morgan fingerprint density at radius 1 is 1.30 bits per heavy atom. The summed E-state index contributed by atoms with van der Waals surface area (Å²) >= 11 is 6.11. The smallest absolute Gasteiger partial charge is 0.226 e. The molecule has 0 radical (unpaired) electrons. The van der Waals surface area contributed by atoms with Crippen LogP contribution in [0.25, 0.3) is 0 Å². The molecular formula is C22H35ClN4O3. The van der Waals surface area contributed by atoms with E-state index in [-0.39, 0.29) is 5.91 Å². The summed E-state index contributed by atoms with van der Waals surface area (Å²) in [6.45, 7) is 8.44. The van der Waals surface area contributed by atoms with Crippen LogP contribution in [0, 0.1) is 6.92 Å². The van der Waals surface area contributed by atoms with Crippen molar-refractivity contribution in [2.24, 2.45) is 4.99 Å². The van der Waals surface area contributed by atoms with Crippen molar-refractivity contribution in [1.29, 1.82) is 0 Å². The summed E-state index contributed by atoms with van der Waals surface area (Å²) in [6.07, 6.45) is 3.50. The number of carbonyl (C=O) groups is 1. The predicted octanol–water partition coefficient (Wildman–Crippen LogP) is 3.46. The highest BCUT2D eigenvalue weighted by Gasteiger charge is 2.21. The average Bonchev–Trinajstić information content (AvgIpc) is 2.74. The maximum absolute atomic E-state index is 12.3. The fourth-order valence-electron chi connectivity index (χ4n) is 3.33. The lowest BCUT2D eigenvalue weighted by Crippen LogP contribution is -2.47. The van der Waals surface area contributed by atoms with Crippen LogP contribution in [0.3, 0.4) is 0 Å². The molecule has 0 atom stereocenters. The van der Waals surface area contributed by atoms with Crippen LogP contribution in [0.15, 0.2) is 23.2 Å². The second-order valence-corrected chi connectivity index (χ2v) is 7.76. The SMILES string of the molecule is CCNC(=NCCC(=O)Nc1cccc(Cl)c1C)N1CCC(OCCCOC)CC1. The number of nitrogens with one attached hydrogen (secondary N) is 2. The van der Waals surface area contributed by atoms with Gasteiger partial charge in [0.15, 0.2) is 5.96 Å². The van der Waals surface area contributed by atoms with Gasteiger partial charge in [-0.1, -0.05) is 17.7 Å². The zero-order chi connectivity index (χ0) is 21.8. The lowest BCUT2D eigenvalue weighted by atomic mass is 10.1. The first-order chi connectivity index (χ1) is 14.5. The van der Waals surface area contributed by atoms with E-state index in [0.717, 1.165) is 69.3 Å². The number of nitrogens with zero attached hydrogens (tertiary/aromatic N) is 2. The Hall–Kier alpha value is -1.83. The normalized spacial score (nSPS) is 15.3. The van der Waals surface area contributed by atoms with Crippen molar-refractivity contribution >= 4 is 29.2 Å². The number of hydrogen-bond donors (Lipinski definition) is 2. The van der Waals surface area contributed by atoms with Crippen LogP contribution < -0.4 is 10.6 Å². The second kappa shape index (κ2) is 13.5. The minimum atomic E-state index is -0.0665. The van der Waals surface area contributed by atoms with E-state index in [1.54, 1.807) is 7.11 Å². The number of likely N-dealkylation sites (tertiary alicyclic amines) is 1. The summed E-state index contributed by atoms with van der Waals surface area (Å²) in [7, 11) is 1.71. The number of benzene rings is 1. The molecule has 8 heteroatoms. The summed E-state index contributed by atoms with van der Waals surface area (Å²) in [5.41, 5.74) is 1.62. The fraction of sp³-hybridized carbons (Fsp3) is 0.636. The van der Waals surface area contributed by atoms with Gasteiger partial charge in [0, 0.05) is 57.1 Å². The van der Waals surface area contributed by atoms with Gasteiger partial charge in [-0.3, -0.25) is 9.79 Å². The van der Waals surface area contributed by atoms with E-state index >= 15 is 0 Å². The van der Waals surface area contributed by atoms with Crippen LogP contribution in [0.1, 0.15) is 38.2 Å². The Morgan fingerprint density at radius 2 is 2.07 bits per heavy atom. The van der Waals surface area contributed by atoms with Crippen LogP contribution >= 0.6 is 11.6 Å². The van der Waals surface area contributed by atoms with E-state index in [1.807, 2.05) is 25.1 Å². The third-order valence-corrected chi connectivity index (χ3v) is 5.47. The van der Waals surface area contributed by atoms with E-state index in [2.05, 4.69) is 27.4 Å². The van der Waals surface area contributed by atoms with E-state index in [9.17, 15) is 4.79 Å². The van der Waals surface area contributed by atoms with Crippen molar-refractivity contribution < 1.29 is 14.3 Å².